The zero-order valence-corrected chi connectivity index (χ0v) is 15.3. The molecule has 2 aromatic rings. The number of carbonyl (C=O) groups is 1. The van der Waals surface area contributed by atoms with E-state index in [1.54, 1.807) is 42.5 Å². The summed E-state index contributed by atoms with van der Waals surface area (Å²) in [5.74, 6) is 0.462. The van der Waals surface area contributed by atoms with Gasteiger partial charge in [-0.2, -0.15) is 0 Å². The molecule has 0 saturated carbocycles. The summed E-state index contributed by atoms with van der Waals surface area (Å²) in [5, 5.41) is 2.86. The number of hydrogen-bond donors (Lipinski definition) is 1. The fourth-order valence-corrected chi connectivity index (χ4v) is 2.59. The summed E-state index contributed by atoms with van der Waals surface area (Å²) in [6.45, 7) is 8.02. The van der Waals surface area contributed by atoms with E-state index in [0.29, 0.717) is 35.8 Å². The van der Waals surface area contributed by atoms with E-state index in [-0.39, 0.29) is 11.7 Å². The topological polar surface area (TPSA) is 47.6 Å². The Morgan fingerprint density at radius 3 is 2.62 bits per heavy atom. The van der Waals surface area contributed by atoms with Gasteiger partial charge in [-0.3, -0.25) is 4.79 Å². The van der Waals surface area contributed by atoms with Crippen LogP contribution in [-0.2, 0) is 5.41 Å². The highest BCUT2D eigenvalue weighted by Crippen LogP contribution is 2.28. The number of rotatable bonds is 8. The molecule has 0 radical (unpaired) electrons. The second-order valence-corrected chi connectivity index (χ2v) is 6.51. The van der Waals surface area contributed by atoms with E-state index in [9.17, 15) is 9.18 Å². The number of amides is 1. The Morgan fingerprint density at radius 2 is 1.96 bits per heavy atom. The van der Waals surface area contributed by atoms with E-state index < -0.39 is 5.41 Å². The van der Waals surface area contributed by atoms with Gasteiger partial charge in [0, 0.05) is 17.5 Å². The molecule has 1 N–H and O–H groups in total. The molecule has 4 nitrogen and oxygen atoms in total. The highest BCUT2D eigenvalue weighted by atomic mass is 19.1. The van der Waals surface area contributed by atoms with Crippen LogP contribution >= 0.6 is 0 Å². The van der Waals surface area contributed by atoms with Crippen molar-refractivity contribution in [3.8, 4) is 11.5 Å². The number of halogens is 1. The fourth-order valence-electron chi connectivity index (χ4n) is 2.59. The van der Waals surface area contributed by atoms with Crippen molar-refractivity contribution in [3.63, 3.8) is 0 Å². The molecule has 5 heteroatoms. The molecule has 2 rings (SSSR count). The van der Waals surface area contributed by atoms with Gasteiger partial charge in [-0.25, -0.2) is 4.39 Å². The van der Waals surface area contributed by atoms with Gasteiger partial charge in [-0.15, -0.1) is 0 Å². The van der Waals surface area contributed by atoms with Gasteiger partial charge < -0.3 is 14.8 Å². The maximum atomic E-state index is 14.0. The molecule has 0 aliphatic carbocycles. The lowest BCUT2D eigenvalue weighted by Crippen LogP contribution is -2.37. The lowest BCUT2D eigenvalue weighted by atomic mass is 9.84. The Labute approximate surface area is 153 Å². The predicted octanol–water partition coefficient (Wildman–Crippen LogP) is 4.11. The third-order valence-electron chi connectivity index (χ3n) is 4.08. The first kappa shape index (κ1) is 19.5. The standard InChI is InChI=1S/C21H24FNO3/c1-5-12-26-18-11-10-15(13-19(18)25-4)20(24)23-14-21(2,3)16-8-6-7-9-17(16)22/h5-11,13H,1,12,14H2,2-4H3,(H,23,24). The van der Waals surface area contributed by atoms with Crippen LogP contribution < -0.4 is 14.8 Å². The maximum absolute atomic E-state index is 14.0. The van der Waals surface area contributed by atoms with E-state index >= 15 is 0 Å². The van der Waals surface area contributed by atoms with Crippen LogP contribution in [0, 0.1) is 5.82 Å². The second kappa shape index (κ2) is 8.52. The van der Waals surface area contributed by atoms with Crippen molar-refractivity contribution in [2.75, 3.05) is 20.3 Å². The quantitative estimate of drug-likeness (QED) is 0.724. The molecule has 26 heavy (non-hydrogen) atoms. The van der Waals surface area contributed by atoms with Gasteiger partial charge >= 0.3 is 0 Å². The number of hydrogen-bond acceptors (Lipinski definition) is 3. The Hall–Kier alpha value is -2.82. The van der Waals surface area contributed by atoms with E-state index in [1.807, 2.05) is 13.8 Å². The molecule has 0 unspecified atom stereocenters. The van der Waals surface area contributed by atoms with Crippen molar-refractivity contribution in [1.82, 2.24) is 5.32 Å². The number of carbonyl (C=O) groups excluding carboxylic acids is 1. The fraction of sp³-hybridized carbons (Fsp3) is 0.286. The highest BCUT2D eigenvalue weighted by molar-refractivity contribution is 5.95. The third kappa shape index (κ3) is 4.63. The minimum Gasteiger partial charge on any atom is -0.493 e. The summed E-state index contributed by atoms with van der Waals surface area (Å²) in [5.41, 5.74) is 0.459. The molecule has 1 amide bonds. The van der Waals surface area contributed by atoms with E-state index in [0.717, 1.165) is 0 Å². The first-order chi connectivity index (χ1) is 12.4. The maximum Gasteiger partial charge on any atom is 0.251 e. The van der Waals surface area contributed by atoms with Gasteiger partial charge in [-0.05, 0) is 29.8 Å². The number of nitrogens with one attached hydrogen (secondary N) is 1. The summed E-state index contributed by atoms with van der Waals surface area (Å²) in [4.78, 5) is 12.5. The number of methoxy groups -OCH3 is 1. The molecular formula is C21H24FNO3. The van der Waals surface area contributed by atoms with E-state index in [2.05, 4.69) is 11.9 Å². The van der Waals surface area contributed by atoms with Crippen molar-refractivity contribution in [3.05, 3.63) is 72.1 Å². The summed E-state index contributed by atoms with van der Waals surface area (Å²) in [7, 11) is 1.51. The molecule has 0 atom stereocenters. The molecule has 0 spiro atoms. The normalized spacial score (nSPS) is 10.9. The van der Waals surface area contributed by atoms with Gasteiger partial charge in [0.2, 0.25) is 0 Å². The van der Waals surface area contributed by atoms with Crippen molar-refractivity contribution in [2.45, 2.75) is 19.3 Å². The average molecular weight is 357 g/mol. The Balaban J connectivity index is 2.10. The number of benzene rings is 2. The summed E-state index contributed by atoms with van der Waals surface area (Å²) < 4.78 is 24.8. The van der Waals surface area contributed by atoms with Crippen LogP contribution in [0.3, 0.4) is 0 Å². The zero-order chi connectivity index (χ0) is 19.2. The first-order valence-electron chi connectivity index (χ1n) is 8.34. The minimum atomic E-state index is -0.544. The Bertz CT molecular complexity index is 787. The SMILES string of the molecule is C=CCOc1ccc(C(=O)NCC(C)(C)c2ccccc2F)cc1OC. The van der Waals surface area contributed by atoms with Gasteiger partial charge in [0.05, 0.1) is 7.11 Å². The van der Waals surface area contributed by atoms with Crippen LogP contribution in [0.25, 0.3) is 0 Å². The summed E-state index contributed by atoms with van der Waals surface area (Å²) >= 11 is 0. The Kier molecular flexibility index (Phi) is 6.39. The second-order valence-electron chi connectivity index (χ2n) is 6.51. The minimum absolute atomic E-state index is 0.261. The third-order valence-corrected chi connectivity index (χ3v) is 4.08. The molecule has 0 aliphatic rings. The predicted molar refractivity (Wildman–Crippen MR) is 100 cm³/mol. The van der Waals surface area contributed by atoms with E-state index in [4.69, 9.17) is 9.47 Å². The molecule has 138 valence electrons. The van der Waals surface area contributed by atoms with Crippen LogP contribution in [0.1, 0.15) is 29.8 Å². The van der Waals surface area contributed by atoms with Crippen molar-refractivity contribution in [2.24, 2.45) is 0 Å². The molecule has 0 aromatic heterocycles. The first-order valence-corrected chi connectivity index (χ1v) is 8.34. The molecule has 0 fully saturated rings. The smallest absolute Gasteiger partial charge is 0.251 e. The van der Waals surface area contributed by atoms with E-state index in [1.165, 1.54) is 13.2 Å². The van der Waals surface area contributed by atoms with Crippen LogP contribution in [0.2, 0.25) is 0 Å². The lowest BCUT2D eigenvalue weighted by molar-refractivity contribution is 0.0945. The van der Waals surface area contributed by atoms with Gasteiger partial charge in [0.25, 0.3) is 5.91 Å². The summed E-state index contributed by atoms with van der Waals surface area (Å²) in [6, 6.07) is 11.5. The van der Waals surface area contributed by atoms with Gasteiger partial charge in [0.1, 0.15) is 12.4 Å². The van der Waals surface area contributed by atoms with Gasteiger partial charge in [0.15, 0.2) is 11.5 Å². The highest BCUT2D eigenvalue weighted by Gasteiger charge is 2.25. The molecule has 2 aromatic carbocycles. The lowest BCUT2D eigenvalue weighted by Gasteiger charge is -2.26. The molecule has 0 heterocycles. The van der Waals surface area contributed by atoms with Crippen molar-refractivity contribution >= 4 is 5.91 Å². The van der Waals surface area contributed by atoms with Crippen LogP contribution in [0.15, 0.2) is 55.1 Å². The average Bonchev–Trinajstić information content (AvgIpc) is 2.64. The Morgan fingerprint density at radius 1 is 1.23 bits per heavy atom. The van der Waals surface area contributed by atoms with Gasteiger partial charge in [-0.1, -0.05) is 44.7 Å². The zero-order valence-electron chi connectivity index (χ0n) is 15.3. The number of ether oxygens (including phenoxy) is 2. The monoisotopic (exact) mass is 357 g/mol. The molecular weight excluding hydrogens is 333 g/mol. The molecule has 0 aliphatic heterocycles. The van der Waals surface area contributed by atoms with Crippen LogP contribution in [0.4, 0.5) is 4.39 Å². The van der Waals surface area contributed by atoms with Crippen molar-refractivity contribution < 1.29 is 18.7 Å². The largest absolute Gasteiger partial charge is 0.493 e. The molecule has 0 bridgehead atoms. The summed E-state index contributed by atoms with van der Waals surface area (Å²) in [6.07, 6.45) is 1.63. The van der Waals surface area contributed by atoms with Crippen molar-refractivity contribution in [1.29, 1.82) is 0 Å². The van der Waals surface area contributed by atoms with Crippen LogP contribution in [0.5, 0.6) is 11.5 Å². The molecule has 0 saturated heterocycles. The van der Waals surface area contributed by atoms with Crippen LogP contribution in [-0.4, -0.2) is 26.2 Å².